The molecule has 3 fully saturated rings. The van der Waals surface area contributed by atoms with Crippen molar-refractivity contribution >= 4 is 11.5 Å². The van der Waals surface area contributed by atoms with Gasteiger partial charge in [-0.25, -0.2) is 9.37 Å². The van der Waals surface area contributed by atoms with Crippen molar-refractivity contribution in [1.29, 1.82) is 0 Å². The maximum Gasteiger partial charge on any atom is 0.138 e. The molecule has 6 nitrogen and oxygen atoms in total. The topological polar surface area (TPSA) is 36.2 Å². The van der Waals surface area contributed by atoms with E-state index in [1.54, 1.807) is 12.1 Å². The fourth-order valence-corrected chi connectivity index (χ4v) is 5.27. The van der Waals surface area contributed by atoms with Gasteiger partial charge in [-0.3, -0.25) is 14.2 Å². The van der Waals surface area contributed by atoms with E-state index in [2.05, 4.69) is 43.5 Å². The molecule has 6 rings (SSSR count). The molecule has 3 aliphatic rings. The van der Waals surface area contributed by atoms with Crippen LogP contribution in [0.25, 0.3) is 5.65 Å². The second-order valence-corrected chi connectivity index (χ2v) is 9.70. The first-order valence-electron chi connectivity index (χ1n) is 12.2. The summed E-state index contributed by atoms with van der Waals surface area (Å²) in [4.78, 5) is 12.6. The molecule has 7 heteroatoms. The third kappa shape index (κ3) is 4.63. The maximum absolute atomic E-state index is 13.7. The van der Waals surface area contributed by atoms with Gasteiger partial charge in [-0.15, -0.1) is 0 Å². The van der Waals surface area contributed by atoms with Gasteiger partial charge in [0, 0.05) is 52.0 Å². The van der Waals surface area contributed by atoms with Crippen LogP contribution in [0.5, 0.6) is 0 Å². The Kier molecular flexibility index (Phi) is 5.78. The molecular weight excluding hydrogens is 417 g/mol. The van der Waals surface area contributed by atoms with Crippen LogP contribution in [0.4, 0.5) is 10.2 Å². The van der Waals surface area contributed by atoms with Gasteiger partial charge in [-0.05, 0) is 48.6 Å². The molecule has 4 heterocycles. The predicted molar refractivity (Wildman–Crippen MR) is 127 cm³/mol. The molecule has 174 valence electrons. The Hall–Kier alpha value is -2.48. The van der Waals surface area contributed by atoms with Gasteiger partial charge in [-0.2, -0.15) is 0 Å². The molecule has 0 radical (unpaired) electrons. The zero-order valence-electron chi connectivity index (χ0n) is 19.1. The summed E-state index contributed by atoms with van der Waals surface area (Å²) >= 11 is 0. The number of benzene rings is 1. The molecule has 1 atom stereocenters. The summed E-state index contributed by atoms with van der Waals surface area (Å²) in [5.41, 5.74) is 3.18. The molecule has 2 aromatic heterocycles. The lowest BCUT2D eigenvalue weighted by molar-refractivity contribution is 0.0639. The minimum Gasteiger partial charge on any atom is -0.378 e. The second kappa shape index (κ2) is 9.05. The number of halogens is 1. The quantitative estimate of drug-likeness (QED) is 0.575. The lowest BCUT2D eigenvalue weighted by Gasteiger charge is -2.41. The average molecular weight is 450 g/mol. The molecule has 0 amide bonds. The first kappa shape index (κ1) is 21.1. The molecule has 33 heavy (non-hydrogen) atoms. The largest absolute Gasteiger partial charge is 0.378 e. The van der Waals surface area contributed by atoms with Gasteiger partial charge < -0.3 is 9.64 Å². The van der Waals surface area contributed by atoms with Crippen molar-refractivity contribution in [3.63, 3.8) is 0 Å². The second-order valence-electron chi connectivity index (χ2n) is 9.70. The van der Waals surface area contributed by atoms with E-state index in [9.17, 15) is 4.39 Å². The van der Waals surface area contributed by atoms with Gasteiger partial charge in [0.05, 0.1) is 24.9 Å². The number of hydrogen-bond acceptors (Lipinski definition) is 5. The van der Waals surface area contributed by atoms with Crippen molar-refractivity contribution in [1.82, 2.24) is 19.2 Å². The smallest absolute Gasteiger partial charge is 0.138 e. The fraction of sp³-hybridized carbons (Fsp3) is 0.500. The van der Waals surface area contributed by atoms with Gasteiger partial charge in [0.15, 0.2) is 0 Å². The molecule has 1 aliphatic carbocycles. The number of anilines is 1. The highest BCUT2D eigenvalue weighted by Gasteiger charge is 2.34. The number of fused-ring (bicyclic) bond motifs is 1. The number of hydrogen-bond donors (Lipinski definition) is 0. The summed E-state index contributed by atoms with van der Waals surface area (Å²) in [6.45, 7) is 8.24. The Bertz CT molecular complexity index is 1110. The molecule has 1 aromatic carbocycles. The number of morpholine rings is 1. The predicted octanol–water partition coefficient (Wildman–Crippen LogP) is 3.58. The van der Waals surface area contributed by atoms with E-state index in [1.807, 2.05) is 6.07 Å². The number of pyridine rings is 1. The van der Waals surface area contributed by atoms with E-state index in [1.165, 1.54) is 24.7 Å². The molecule has 2 saturated heterocycles. The molecular formula is C26H32FN5O. The normalized spacial score (nSPS) is 22.8. The lowest BCUT2D eigenvalue weighted by atomic mass is 10.1. The summed E-state index contributed by atoms with van der Waals surface area (Å²) in [6, 6.07) is 13.7. The van der Waals surface area contributed by atoms with Crippen molar-refractivity contribution in [2.45, 2.75) is 25.4 Å². The molecule has 2 aliphatic heterocycles. The summed E-state index contributed by atoms with van der Waals surface area (Å²) in [7, 11) is 0. The van der Waals surface area contributed by atoms with Crippen LogP contribution in [0.1, 0.15) is 30.1 Å². The lowest BCUT2D eigenvalue weighted by Crippen LogP contribution is -2.48. The van der Waals surface area contributed by atoms with E-state index in [4.69, 9.17) is 9.72 Å². The van der Waals surface area contributed by atoms with Crippen molar-refractivity contribution in [2.24, 2.45) is 5.92 Å². The SMILES string of the molecule is Fc1cccc(CN2CCN(CC3CC3)C(c3cn4c(N5CCOCC5)cccc4n3)C2)c1. The third-order valence-electron chi connectivity index (χ3n) is 7.23. The highest BCUT2D eigenvalue weighted by atomic mass is 19.1. The van der Waals surface area contributed by atoms with Gasteiger partial charge in [-0.1, -0.05) is 18.2 Å². The number of aromatic nitrogens is 2. The molecule has 0 bridgehead atoms. The Morgan fingerprint density at radius 2 is 1.85 bits per heavy atom. The first-order chi connectivity index (χ1) is 16.2. The van der Waals surface area contributed by atoms with Crippen LogP contribution in [0.15, 0.2) is 48.7 Å². The number of piperazine rings is 1. The summed E-state index contributed by atoms with van der Waals surface area (Å²) in [5, 5.41) is 0. The van der Waals surface area contributed by atoms with E-state index < -0.39 is 0 Å². The molecule has 1 unspecified atom stereocenters. The van der Waals surface area contributed by atoms with Crippen molar-refractivity contribution < 1.29 is 9.13 Å². The van der Waals surface area contributed by atoms with Crippen LogP contribution in [0, 0.1) is 11.7 Å². The molecule has 0 N–H and O–H groups in total. The average Bonchev–Trinajstić information content (AvgIpc) is 3.54. The zero-order valence-corrected chi connectivity index (χ0v) is 19.1. The fourth-order valence-electron chi connectivity index (χ4n) is 5.27. The molecule has 1 saturated carbocycles. The molecule has 3 aromatic rings. The number of imidazole rings is 1. The van der Waals surface area contributed by atoms with Gasteiger partial charge in [0.2, 0.25) is 0 Å². The van der Waals surface area contributed by atoms with Crippen molar-refractivity contribution in [3.05, 3.63) is 65.7 Å². The Balaban J connectivity index is 1.28. The van der Waals surface area contributed by atoms with Gasteiger partial charge in [0.1, 0.15) is 17.3 Å². The van der Waals surface area contributed by atoms with E-state index in [0.717, 1.165) is 81.8 Å². The van der Waals surface area contributed by atoms with Crippen LogP contribution in [0.3, 0.4) is 0 Å². The van der Waals surface area contributed by atoms with Crippen LogP contribution in [0.2, 0.25) is 0 Å². The number of nitrogens with zero attached hydrogens (tertiary/aromatic N) is 5. The van der Waals surface area contributed by atoms with Gasteiger partial charge >= 0.3 is 0 Å². The van der Waals surface area contributed by atoms with Crippen LogP contribution in [-0.2, 0) is 11.3 Å². The summed E-state index contributed by atoms with van der Waals surface area (Å²) in [5.74, 6) is 1.87. The highest BCUT2D eigenvalue weighted by molar-refractivity contribution is 5.53. The minimum atomic E-state index is -0.160. The number of ether oxygens (including phenoxy) is 1. The minimum absolute atomic E-state index is 0.160. The van der Waals surface area contributed by atoms with Crippen LogP contribution >= 0.6 is 0 Å². The van der Waals surface area contributed by atoms with Gasteiger partial charge in [0.25, 0.3) is 0 Å². The first-order valence-corrected chi connectivity index (χ1v) is 12.2. The van der Waals surface area contributed by atoms with E-state index >= 15 is 0 Å². The Morgan fingerprint density at radius 3 is 2.67 bits per heavy atom. The number of rotatable bonds is 6. The highest BCUT2D eigenvalue weighted by Crippen LogP contribution is 2.35. The zero-order chi connectivity index (χ0) is 22.2. The van der Waals surface area contributed by atoms with Crippen molar-refractivity contribution in [3.8, 4) is 0 Å². The Labute approximate surface area is 194 Å². The van der Waals surface area contributed by atoms with Crippen molar-refractivity contribution in [2.75, 3.05) is 57.4 Å². The standard InChI is InChI=1S/C26H32FN5O/c27-22-4-1-3-21(15-22)16-29-9-10-31(17-20-7-8-20)24(19-29)23-18-32-25(28-23)5-2-6-26(32)30-11-13-33-14-12-30/h1-6,15,18,20,24H,7-14,16-17,19H2. The van der Waals surface area contributed by atoms with E-state index in [-0.39, 0.29) is 11.9 Å². The molecule has 0 spiro atoms. The monoisotopic (exact) mass is 449 g/mol. The van der Waals surface area contributed by atoms with E-state index in [0.29, 0.717) is 0 Å². The summed E-state index contributed by atoms with van der Waals surface area (Å²) < 4.78 is 21.5. The Morgan fingerprint density at radius 1 is 1.00 bits per heavy atom. The van der Waals surface area contributed by atoms with Crippen LogP contribution in [-0.4, -0.2) is 71.7 Å². The van der Waals surface area contributed by atoms with Crippen LogP contribution < -0.4 is 4.90 Å². The maximum atomic E-state index is 13.7. The third-order valence-corrected chi connectivity index (χ3v) is 7.23. The summed E-state index contributed by atoms with van der Waals surface area (Å²) in [6.07, 6.45) is 4.95.